The van der Waals surface area contributed by atoms with E-state index in [0.29, 0.717) is 5.82 Å². The number of ether oxygens (including phenoxy) is 1. The zero-order valence-electron chi connectivity index (χ0n) is 21.0. The number of hydrogen-bond donors (Lipinski definition) is 6. The van der Waals surface area contributed by atoms with Crippen molar-refractivity contribution < 1.29 is 41.8 Å². The van der Waals surface area contributed by atoms with Gasteiger partial charge < -0.3 is 34.8 Å². The summed E-state index contributed by atoms with van der Waals surface area (Å²) in [4.78, 5) is 41.6. The summed E-state index contributed by atoms with van der Waals surface area (Å²) in [7, 11) is 0. The Bertz CT molecular complexity index is 1700. The van der Waals surface area contributed by atoms with Crippen molar-refractivity contribution in [2.75, 3.05) is 17.7 Å². The van der Waals surface area contributed by atoms with E-state index in [-0.39, 0.29) is 30.1 Å². The molecule has 42 heavy (non-hydrogen) atoms. The van der Waals surface area contributed by atoms with Crippen LogP contribution in [-0.2, 0) is 39.2 Å². The van der Waals surface area contributed by atoms with Gasteiger partial charge in [0.25, 0.3) is 5.56 Å². The maximum atomic E-state index is 15.7. The molecule has 0 radical (unpaired) electrons. The number of nitrogens with two attached hydrogens (primary N) is 1. The van der Waals surface area contributed by atoms with Crippen molar-refractivity contribution in [3.8, 4) is 0 Å². The van der Waals surface area contributed by atoms with E-state index in [1.807, 2.05) is 0 Å². The SMILES string of the molecule is Nc1nc2c(ncn2[C@@H]2O[C@@H]3[C@@H]4OP(O)(=S)O[C@@H]5C(COP(=O)(S)O[C@@H]2[C@]34O)C[C@@H](Nc2ccncn2)[C@@H]5F)c(=O)[nH]1. The van der Waals surface area contributed by atoms with Crippen molar-refractivity contribution in [3.05, 3.63) is 35.3 Å². The Morgan fingerprint density at radius 3 is 2.86 bits per heavy atom. The minimum atomic E-state index is -4.29. The van der Waals surface area contributed by atoms with Gasteiger partial charge in [-0.15, -0.1) is 0 Å². The van der Waals surface area contributed by atoms with Crippen LogP contribution in [0, 0.1) is 5.92 Å². The van der Waals surface area contributed by atoms with E-state index in [1.165, 1.54) is 23.4 Å². The molecular formula is C20H23FN8O9P2S2. The van der Waals surface area contributed by atoms with Crippen LogP contribution in [0.2, 0.25) is 0 Å². The van der Waals surface area contributed by atoms with Gasteiger partial charge in [0.15, 0.2) is 23.0 Å². The van der Waals surface area contributed by atoms with Crippen LogP contribution >= 0.6 is 25.8 Å². The molecule has 0 aromatic carbocycles. The molecule has 11 atom stereocenters. The first-order valence-electron chi connectivity index (χ1n) is 12.5. The van der Waals surface area contributed by atoms with Gasteiger partial charge in [0.1, 0.15) is 42.7 Å². The number of aliphatic hydroxyl groups is 1. The molecule has 3 aromatic heterocycles. The highest BCUT2D eigenvalue weighted by molar-refractivity contribution is 8.44. The zero-order chi connectivity index (χ0) is 29.6. The highest BCUT2D eigenvalue weighted by Crippen LogP contribution is 2.67. The number of nitrogens with zero attached hydrogens (tertiary/aromatic N) is 5. The largest absolute Gasteiger partial charge is 0.386 e. The predicted octanol–water partition coefficient (Wildman–Crippen LogP) is 0.413. The van der Waals surface area contributed by atoms with Gasteiger partial charge >= 0.3 is 13.5 Å². The van der Waals surface area contributed by atoms with Gasteiger partial charge in [-0.2, -0.15) is 4.98 Å². The van der Waals surface area contributed by atoms with E-state index in [4.69, 9.17) is 40.4 Å². The maximum absolute atomic E-state index is 15.7. The first-order chi connectivity index (χ1) is 19.9. The molecule has 3 aromatic rings. The molecule has 0 amide bonds. The number of aromatic nitrogens is 6. The van der Waals surface area contributed by atoms with E-state index >= 15 is 4.39 Å². The van der Waals surface area contributed by atoms with Crippen molar-refractivity contribution >= 4 is 60.5 Å². The molecule has 5 heterocycles. The normalized spacial score (nSPS) is 43.2. The van der Waals surface area contributed by atoms with Crippen molar-refractivity contribution in [1.82, 2.24) is 29.5 Å². The lowest BCUT2D eigenvalue weighted by atomic mass is 10.1. The van der Waals surface area contributed by atoms with E-state index in [0.717, 1.165) is 0 Å². The van der Waals surface area contributed by atoms with Crippen LogP contribution in [0.4, 0.5) is 16.2 Å². The molecular weight excluding hydrogens is 641 g/mol. The number of hydrogen-bond acceptors (Lipinski definition) is 15. The summed E-state index contributed by atoms with van der Waals surface area (Å²) < 4.78 is 58.9. The number of alkyl halides is 1. The lowest BCUT2D eigenvalue weighted by Crippen LogP contribution is -2.39. The molecule has 22 heteroatoms. The molecule has 2 saturated heterocycles. The van der Waals surface area contributed by atoms with Crippen LogP contribution in [0.5, 0.6) is 0 Å². The summed E-state index contributed by atoms with van der Waals surface area (Å²) in [6.45, 7) is -8.87. The third-order valence-electron chi connectivity index (χ3n) is 7.64. The summed E-state index contributed by atoms with van der Waals surface area (Å²) in [6, 6.07) is 0.701. The molecule has 0 spiro atoms. The molecule has 6 N–H and O–H groups in total. The Balaban J connectivity index is 1.20. The van der Waals surface area contributed by atoms with Crippen LogP contribution < -0.4 is 16.6 Å². The Kier molecular flexibility index (Phi) is 6.80. The average Bonchev–Trinajstić information content (AvgIpc) is 3.24. The monoisotopic (exact) mass is 664 g/mol. The van der Waals surface area contributed by atoms with Crippen molar-refractivity contribution in [3.63, 3.8) is 0 Å². The third kappa shape index (κ3) is 4.78. The first-order valence-corrected chi connectivity index (χ1v) is 17.8. The number of halogens is 1. The van der Waals surface area contributed by atoms with E-state index in [1.54, 1.807) is 6.07 Å². The van der Waals surface area contributed by atoms with Crippen LogP contribution in [-0.4, -0.2) is 88.3 Å². The molecule has 0 bridgehead atoms. The number of rotatable bonds is 3. The fraction of sp³-hybridized carbons (Fsp3) is 0.550. The fourth-order valence-corrected chi connectivity index (χ4v) is 8.97. The quantitative estimate of drug-likeness (QED) is 0.164. The highest BCUT2D eigenvalue weighted by Gasteiger charge is 2.80. The summed E-state index contributed by atoms with van der Waals surface area (Å²) in [5.74, 6) is -0.630. The van der Waals surface area contributed by atoms with Crippen LogP contribution in [0.3, 0.4) is 0 Å². The number of aromatic amines is 1. The van der Waals surface area contributed by atoms with E-state index < -0.39 is 73.5 Å². The minimum Gasteiger partial charge on any atom is -0.381 e. The topological polar surface area (TPSA) is 231 Å². The molecule has 2 aliphatic carbocycles. The Morgan fingerprint density at radius 1 is 1.29 bits per heavy atom. The second-order valence-corrected chi connectivity index (χ2v) is 15.9. The van der Waals surface area contributed by atoms with Gasteiger partial charge in [0, 0.05) is 12.1 Å². The fourth-order valence-electron chi connectivity index (χ4n) is 5.68. The minimum absolute atomic E-state index is 0.00567. The summed E-state index contributed by atoms with van der Waals surface area (Å²) >= 11 is 9.30. The molecule has 7 rings (SSSR count). The number of imidazole rings is 1. The number of nitrogen functional groups attached to an aromatic ring is 1. The first kappa shape index (κ1) is 28.7. The summed E-state index contributed by atoms with van der Waals surface area (Å²) in [5, 5.41) is 14.5. The molecule has 17 nitrogen and oxygen atoms in total. The van der Waals surface area contributed by atoms with Gasteiger partial charge in [-0.25, -0.2) is 23.9 Å². The number of H-pyrrole nitrogens is 1. The van der Waals surface area contributed by atoms with Crippen molar-refractivity contribution in [2.45, 2.75) is 54.9 Å². The molecule has 4 aliphatic rings. The van der Waals surface area contributed by atoms with Crippen molar-refractivity contribution in [1.29, 1.82) is 0 Å². The Morgan fingerprint density at radius 2 is 2.10 bits per heavy atom. The van der Waals surface area contributed by atoms with E-state index in [9.17, 15) is 19.4 Å². The van der Waals surface area contributed by atoms with Crippen molar-refractivity contribution in [2.24, 2.45) is 5.92 Å². The molecule has 4 fully saturated rings. The zero-order valence-corrected chi connectivity index (χ0v) is 24.5. The average molecular weight is 665 g/mol. The maximum Gasteiger partial charge on any atom is 0.386 e. The summed E-state index contributed by atoms with van der Waals surface area (Å²) in [5.41, 5.74) is 2.95. The Labute approximate surface area is 245 Å². The summed E-state index contributed by atoms with van der Waals surface area (Å²) in [6.07, 6.45) is -4.24. The number of thiol groups is 1. The molecule has 2 aliphatic heterocycles. The number of fused-ring (bicyclic) bond motifs is 3. The molecule has 226 valence electrons. The van der Waals surface area contributed by atoms with Crippen LogP contribution in [0.25, 0.3) is 11.2 Å². The van der Waals surface area contributed by atoms with Gasteiger partial charge in [0.2, 0.25) is 5.95 Å². The van der Waals surface area contributed by atoms with Crippen LogP contribution in [0.15, 0.2) is 29.7 Å². The number of nitrogens with one attached hydrogen (secondary N) is 2. The van der Waals surface area contributed by atoms with Crippen LogP contribution in [0.1, 0.15) is 12.6 Å². The van der Waals surface area contributed by atoms with Gasteiger partial charge in [-0.05, 0) is 24.3 Å². The molecule has 2 saturated carbocycles. The lowest BCUT2D eigenvalue weighted by Gasteiger charge is -2.32. The Hall–Kier alpha value is -2.09. The molecule has 3 unspecified atom stereocenters. The second-order valence-electron chi connectivity index (χ2n) is 10.3. The van der Waals surface area contributed by atoms with Gasteiger partial charge in [-0.1, -0.05) is 12.2 Å². The standard InChI is InChI=1S/C20H23FN8O9P2S2/c21-10-8(26-9-1-2-23-5-24-9)3-7-4-34-39(32,41)38-15-18(29-6-25-11-16(29)27-19(22)28-17(11)30)35-13-14(20(13,15)31)37-40(33,42)36-12(7)10/h1-2,5-8,10,12-15,18,31H,3-4H2,(H,32,41)(H,33,42)(H,23,24,26)(H3,22,27,28,30)/t7?,8-,10+,12-,13-,14+,15+,18-,20+,39?,40?/m1/s1. The van der Waals surface area contributed by atoms with E-state index in [2.05, 4.69) is 42.5 Å². The third-order valence-corrected chi connectivity index (χ3v) is 10.8. The van der Waals surface area contributed by atoms with Gasteiger partial charge in [-0.3, -0.25) is 23.4 Å². The smallest absolute Gasteiger partial charge is 0.381 e. The van der Waals surface area contributed by atoms with Gasteiger partial charge in [0.05, 0.1) is 19.0 Å². The lowest BCUT2D eigenvalue weighted by molar-refractivity contribution is -0.0875. The number of anilines is 2. The predicted molar refractivity (Wildman–Crippen MR) is 148 cm³/mol. The highest BCUT2D eigenvalue weighted by atomic mass is 32.7. The second kappa shape index (κ2) is 9.97.